The van der Waals surface area contributed by atoms with Gasteiger partial charge in [-0.05, 0) is 42.1 Å². The zero-order valence-corrected chi connectivity index (χ0v) is 20.4. The molecule has 0 bridgehead atoms. The molecule has 0 unspecified atom stereocenters. The lowest BCUT2D eigenvalue weighted by molar-refractivity contribution is -0.385. The van der Waals surface area contributed by atoms with Crippen LogP contribution in [0.25, 0.3) is 11.0 Å². The molecule has 190 valence electrons. The standard InChI is InChI=1S/C26H17N3O8S/c1-2-34-18-11-13(10-16(29(32)33)23(18)37-25(30)19-8-5-9-38-19)20-15(12-27)24(28)36-22-14-6-3-4-7-17(14)35-26(31)21(20)22/h3-11,20H,2,28H2,1H3/t20-/m0/s1. The molecule has 1 aliphatic rings. The van der Waals surface area contributed by atoms with E-state index >= 15 is 0 Å². The first-order chi connectivity index (χ1) is 18.3. The number of para-hydroxylation sites is 1. The topological polar surface area (TPSA) is 168 Å². The SMILES string of the molecule is CCOc1cc([C@H]2C(C#N)=C(N)Oc3c2c(=O)oc2ccccc32)cc([N+](=O)[O-])c1OC(=O)c1cccs1. The molecule has 0 spiro atoms. The first kappa shape index (κ1) is 24.5. The fourth-order valence-electron chi connectivity index (χ4n) is 4.21. The molecule has 0 aliphatic carbocycles. The van der Waals surface area contributed by atoms with Crippen molar-refractivity contribution < 1.29 is 28.3 Å². The second-order valence-electron chi connectivity index (χ2n) is 7.98. The summed E-state index contributed by atoms with van der Waals surface area (Å²) in [6.45, 7) is 1.72. The van der Waals surface area contributed by atoms with Crippen LogP contribution in [0, 0.1) is 21.4 Å². The number of benzene rings is 2. The van der Waals surface area contributed by atoms with E-state index in [2.05, 4.69) is 0 Å². The Bertz CT molecular complexity index is 1730. The van der Waals surface area contributed by atoms with Crippen LogP contribution < -0.4 is 25.6 Å². The minimum absolute atomic E-state index is 0.0606. The van der Waals surface area contributed by atoms with E-state index < -0.39 is 33.9 Å². The number of nitro groups is 1. The summed E-state index contributed by atoms with van der Waals surface area (Å²) in [4.78, 5) is 37.4. The van der Waals surface area contributed by atoms with Crippen molar-refractivity contribution in [1.82, 2.24) is 0 Å². The van der Waals surface area contributed by atoms with E-state index in [1.165, 1.54) is 12.1 Å². The molecule has 1 atom stereocenters. The molecular weight excluding hydrogens is 514 g/mol. The number of carbonyl (C=O) groups is 1. The average molecular weight is 532 g/mol. The molecule has 2 N–H and O–H groups in total. The van der Waals surface area contributed by atoms with Crippen molar-refractivity contribution in [2.24, 2.45) is 5.73 Å². The van der Waals surface area contributed by atoms with Gasteiger partial charge < -0.3 is 24.4 Å². The smallest absolute Gasteiger partial charge is 0.354 e. The van der Waals surface area contributed by atoms with Gasteiger partial charge in [0, 0.05) is 6.07 Å². The number of esters is 1. The molecule has 2 aromatic heterocycles. The predicted octanol–water partition coefficient (Wildman–Crippen LogP) is 4.60. The predicted molar refractivity (Wildman–Crippen MR) is 135 cm³/mol. The van der Waals surface area contributed by atoms with Gasteiger partial charge in [0.05, 0.1) is 28.4 Å². The van der Waals surface area contributed by atoms with Crippen molar-refractivity contribution >= 4 is 34.0 Å². The largest absolute Gasteiger partial charge is 0.490 e. The summed E-state index contributed by atoms with van der Waals surface area (Å²) in [6.07, 6.45) is 0. The second-order valence-corrected chi connectivity index (χ2v) is 8.93. The highest BCUT2D eigenvalue weighted by atomic mass is 32.1. The van der Waals surface area contributed by atoms with Crippen LogP contribution in [0.2, 0.25) is 0 Å². The first-order valence-electron chi connectivity index (χ1n) is 11.2. The van der Waals surface area contributed by atoms with E-state index in [-0.39, 0.29) is 51.1 Å². The van der Waals surface area contributed by atoms with Gasteiger partial charge in [-0.3, -0.25) is 10.1 Å². The highest BCUT2D eigenvalue weighted by molar-refractivity contribution is 7.12. The number of nitrogens with two attached hydrogens (primary N) is 1. The van der Waals surface area contributed by atoms with Crippen molar-refractivity contribution in [1.29, 1.82) is 5.26 Å². The number of thiophene rings is 1. The van der Waals surface area contributed by atoms with Gasteiger partial charge >= 0.3 is 17.3 Å². The number of ether oxygens (including phenoxy) is 3. The van der Waals surface area contributed by atoms with Crippen LogP contribution in [0.15, 0.2) is 74.6 Å². The number of nitrogens with zero attached hydrogens (tertiary/aromatic N) is 2. The van der Waals surface area contributed by atoms with Gasteiger partial charge in [0.2, 0.25) is 11.6 Å². The second kappa shape index (κ2) is 9.72. The van der Waals surface area contributed by atoms with Crippen LogP contribution in [0.3, 0.4) is 0 Å². The quantitative estimate of drug-likeness (QED) is 0.122. The van der Waals surface area contributed by atoms with Crippen molar-refractivity contribution in [3.63, 3.8) is 0 Å². The van der Waals surface area contributed by atoms with Crippen LogP contribution in [0.5, 0.6) is 17.2 Å². The highest BCUT2D eigenvalue weighted by Gasteiger charge is 2.38. The lowest BCUT2D eigenvalue weighted by atomic mass is 9.83. The number of hydrogen-bond acceptors (Lipinski definition) is 11. The minimum atomic E-state index is -1.19. The lowest BCUT2D eigenvalue weighted by Gasteiger charge is -2.26. The zero-order chi connectivity index (χ0) is 27.0. The lowest BCUT2D eigenvalue weighted by Crippen LogP contribution is -2.26. The molecule has 5 rings (SSSR count). The molecule has 0 amide bonds. The van der Waals surface area contributed by atoms with Gasteiger partial charge in [0.25, 0.3) is 0 Å². The summed E-state index contributed by atoms with van der Waals surface area (Å²) < 4.78 is 22.2. The molecule has 38 heavy (non-hydrogen) atoms. The Morgan fingerprint density at radius 2 is 2.05 bits per heavy atom. The van der Waals surface area contributed by atoms with Crippen molar-refractivity contribution in [3.05, 3.63) is 102 Å². The average Bonchev–Trinajstić information content (AvgIpc) is 3.44. The Morgan fingerprint density at radius 3 is 2.74 bits per heavy atom. The Morgan fingerprint density at radius 1 is 1.26 bits per heavy atom. The molecular formula is C26H17N3O8S. The van der Waals surface area contributed by atoms with E-state index in [1.54, 1.807) is 42.6 Å². The molecule has 11 nitrogen and oxygen atoms in total. The molecule has 3 heterocycles. The maximum Gasteiger partial charge on any atom is 0.354 e. The van der Waals surface area contributed by atoms with Gasteiger partial charge in [-0.15, -0.1) is 11.3 Å². The molecule has 0 saturated carbocycles. The van der Waals surface area contributed by atoms with Crippen LogP contribution in [-0.4, -0.2) is 17.5 Å². The number of hydrogen-bond donors (Lipinski definition) is 1. The molecule has 0 radical (unpaired) electrons. The number of allylic oxidation sites excluding steroid dienone is 1. The first-order valence-corrected chi connectivity index (χ1v) is 12.1. The van der Waals surface area contributed by atoms with Crippen molar-refractivity contribution in [2.45, 2.75) is 12.8 Å². The Hall–Kier alpha value is -5.15. The van der Waals surface area contributed by atoms with E-state index in [0.29, 0.717) is 5.39 Å². The summed E-state index contributed by atoms with van der Waals surface area (Å²) in [7, 11) is 0. The van der Waals surface area contributed by atoms with Crippen LogP contribution in [0.1, 0.15) is 33.6 Å². The zero-order valence-electron chi connectivity index (χ0n) is 19.6. The number of fused-ring (bicyclic) bond motifs is 3. The summed E-state index contributed by atoms with van der Waals surface area (Å²) >= 11 is 1.11. The van der Waals surface area contributed by atoms with E-state index in [0.717, 1.165) is 17.4 Å². The molecule has 1 aliphatic heterocycles. The summed E-state index contributed by atoms with van der Waals surface area (Å²) in [5, 5.41) is 24.1. The van der Waals surface area contributed by atoms with E-state index in [4.69, 9.17) is 24.4 Å². The van der Waals surface area contributed by atoms with Crippen LogP contribution in [0.4, 0.5) is 5.69 Å². The van der Waals surface area contributed by atoms with E-state index in [9.17, 15) is 25.0 Å². The minimum Gasteiger partial charge on any atom is -0.490 e. The van der Waals surface area contributed by atoms with Gasteiger partial charge in [-0.2, -0.15) is 5.26 Å². The summed E-state index contributed by atoms with van der Waals surface area (Å²) in [5.41, 5.74) is 4.81. The number of carbonyl (C=O) groups excluding carboxylic acids is 1. The Labute approximate surface area is 218 Å². The molecule has 12 heteroatoms. The maximum absolute atomic E-state index is 13.2. The molecule has 4 aromatic rings. The highest BCUT2D eigenvalue weighted by Crippen LogP contribution is 2.47. The van der Waals surface area contributed by atoms with E-state index in [1.807, 2.05) is 6.07 Å². The van der Waals surface area contributed by atoms with Gasteiger partial charge in [-0.25, -0.2) is 9.59 Å². The van der Waals surface area contributed by atoms with Crippen LogP contribution in [-0.2, 0) is 0 Å². The Balaban J connectivity index is 1.75. The third kappa shape index (κ3) is 4.10. The van der Waals surface area contributed by atoms with Gasteiger partial charge in [0.1, 0.15) is 22.1 Å². The monoisotopic (exact) mass is 531 g/mol. The fourth-order valence-corrected chi connectivity index (χ4v) is 4.81. The van der Waals surface area contributed by atoms with Crippen molar-refractivity contribution in [2.75, 3.05) is 6.61 Å². The fraction of sp³-hybridized carbons (Fsp3) is 0.115. The van der Waals surface area contributed by atoms with Gasteiger partial charge in [-0.1, -0.05) is 18.2 Å². The Kier molecular flexibility index (Phi) is 6.28. The normalized spacial score (nSPS) is 14.4. The maximum atomic E-state index is 13.2. The third-order valence-electron chi connectivity index (χ3n) is 5.78. The van der Waals surface area contributed by atoms with Gasteiger partial charge in [0.15, 0.2) is 11.5 Å². The molecule has 0 fully saturated rings. The third-order valence-corrected chi connectivity index (χ3v) is 6.63. The molecule has 2 aromatic carbocycles. The molecule has 0 saturated heterocycles. The summed E-state index contributed by atoms with van der Waals surface area (Å²) in [6, 6.07) is 14.2. The number of rotatable bonds is 6. The summed E-state index contributed by atoms with van der Waals surface area (Å²) in [5.74, 6) is -2.73. The van der Waals surface area contributed by atoms with Crippen molar-refractivity contribution in [3.8, 4) is 23.3 Å². The number of nitro benzene ring substituents is 1. The van der Waals surface area contributed by atoms with Crippen LogP contribution >= 0.6 is 11.3 Å². The number of nitriles is 1.